The van der Waals surface area contributed by atoms with E-state index in [4.69, 9.17) is 10.9 Å². The van der Waals surface area contributed by atoms with Crippen LogP contribution in [0.1, 0.15) is 12.8 Å². The first-order chi connectivity index (χ1) is 5.91. The summed E-state index contributed by atoms with van der Waals surface area (Å²) in [6, 6.07) is -0.589. The summed E-state index contributed by atoms with van der Waals surface area (Å²) in [5, 5.41) is 4.31. The van der Waals surface area contributed by atoms with Crippen molar-refractivity contribution in [3.05, 3.63) is 0 Å². The fourth-order valence-corrected chi connectivity index (χ4v) is 2.29. The highest BCUT2D eigenvalue weighted by atomic mass is 32.2. The number of likely N-dealkylation sites (tertiary alicyclic amines) is 1. The zero-order chi connectivity index (χ0) is 10.1. The summed E-state index contributed by atoms with van der Waals surface area (Å²) in [4.78, 5) is 12.0. The van der Waals surface area contributed by atoms with Gasteiger partial charge < -0.3 is 10.6 Å². The van der Waals surface area contributed by atoms with Gasteiger partial charge in [-0.1, -0.05) is 0 Å². The van der Waals surface area contributed by atoms with Crippen LogP contribution in [0.15, 0.2) is 0 Å². The number of primary amides is 1. The van der Waals surface area contributed by atoms with Crippen LogP contribution in [-0.4, -0.2) is 37.7 Å². The first-order valence-corrected chi connectivity index (χ1v) is 5.58. The molecule has 2 amide bonds. The summed E-state index contributed by atoms with van der Waals surface area (Å²) in [7, 11) is -3.54. The Bertz CT molecular complexity index is 300. The second-order valence-electron chi connectivity index (χ2n) is 3.14. The fraction of sp³-hybridized carbons (Fsp3) is 0.833. The summed E-state index contributed by atoms with van der Waals surface area (Å²) in [5.74, 6) is 0. The molecule has 1 atom stereocenters. The van der Waals surface area contributed by atoms with Crippen molar-refractivity contribution in [2.45, 2.75) is 18.1 Å². The van der Waals surface area contributed by atoms with E-state index in [1.165, 1.54) is 4.90 Å². The van der Waals surface area contributed by atoms with Crippen molar-refractivity contribution < 1.29 is 13.2 Å². The van der Waals surface area contributed by atoms with Gasteiger partial charge in [-0.3, -0.25) is 0 Å². The van der Waals surface area contributed by atoms with Crippen LogP contribution in [-0.2, 0) is 10.0 Å². The molecule has 1 unspecified atom stereocenters. The van der Waals surface area contributed by atoms with E-state index in [1.807, 2.05) is 0 Å². The molecule has 0 aromatic heterocycles. The third-order valence-corrected chi connectivity index (χ3v) is 3.47. The maximum Gasteiger partial charge on any atom is 0.314 e. The van der Waals surface area contributed by atoms with Crippen molar-refractivity contribution in [3.63, 3.8) is 0 Å². The third-order valence-electron chi connectivity index (χ3n) is 2.15. The molecule has 0 aromatic carbocycles. The molecule has 0 aliphatic carbocycles. The Hall–Kier alpha value is -0.820. The largest absolute Gasteiger partial charge is 0.351 e. The lowest BCUT2D eigenvalue weighted by Gasteiger charge is -2.29. The lowest BCUT2D eigenvalue weighted by atomic mass is 10.1. The third kappa shape index (κ3) is 2.56. The smallest absolute Gasteiger partial charge is 0.314 e. The maximum absolute atomic E-state index is 11.0. The van der Waals surface area contributed by atoms with Gasteiger partial charge in [-0.25, -0.2) is 18.4 Å². The Kier molecular flexibility index (Phi) is 2.77. The highest BCUT2D eigenvalue weighted by Gasteiger charge is 2.29. The van der Waals surface area contributed by atoms with Gasteiger partial charge in [0.05, 0.1) is 5.25 Å². The number of nitrogens with zero attached hydrogens (tertiary/aromatic N) is 1. The molecule has 1 heterocycles. The topological polar surface area (TPSA) is 106 Å². The molecule has 0 aromatic rings. The molecule has 1 fully saturated rings. The van der Waals surface area contributed by atoms with E-state index in [9.17, 15) is 13.2 Å². The number of urea groups is 1. The van der Waals surface area contributed by atoms with E-state index in [-0.39, 0.29) is 6.54 Å². The molecule has 6 nitrogen and oxygen atoms in total. The van der Waals surface area contributed by atoms with Crippen LogP contribution in [0, 0.1) is 0 Å². The molecule has 0 saturated carbocycles. The van der Waals surface area contributed by atoms with Crippen LogP contribution in [0.2, 0.25) is 0 Å². The fourth-order valence-electron chi connectivity index (χ4n) is 1.41. The van der Waals surface area contributed by atoms with E-state index in [2.05, 4.69) is 0 Å². The number of hydrogen-bond acceptors (Lipinski definition) is 3. The van der Waals surface area contributed by atoms with Gasteiger partial charge in [0.25, 0.3) is 0 Å². The summed E-state index contributed by atoms with van der Waals surface area (Å²) < 4.78 is 21.9. The van der Waals surface area contributed by atoms with Gasteiger partial charge in [-0.15, -0.1) is 0 Å². The Morgan fingerprint density at radius 1 is 1.46 bits per heavy atom. The predicted octanol–water partition coefficient (Wildman–Crippen LogP) is -1.18. The molecule has 13 heavy (non-hydrogen) atoms. The van der Waals surface area contributed by atoms with E-state index < -0.39 is 21.3 Å². The highest BCUT2D eigenvalue weighted by molar-refractivity contribution is 7.89. The number of nitrogens with two attached hydrogens (primary N) is 2. The van der Waals surface area contributed by atoms with Crippen LogP contribution in [0.3, 0.4) is 0 Å². The minimum atomic E-state index is -3.54. The highest BCUT2D eigenvalue weighted by Crippen LogP contribution is 2.14. The zero-order valence-electron chi connectivity index (χ0n) is 7.14. The Labute approximate surface area is 76.9 Å². The molecule has 76 valence electrons. The molecule has 1 saturated heterocycles. The van der Waals surface area contributed by atoms with Crippen LogP contribution >= 0.6 is 0 Å². The van der Waals surface area contributed by atoms with Crippen LogP contribution < -0.4 is 10.9 Å². The minimum absolute atomic E-state index is 0.119. The molecular formula is C6H13N3O3S. The quantitative estimate of drug-likeness (QED) is 0.565. The number of carbonyl (C=O) groups excluding carboxylic acids is 1. The van der Waals surface area contributed by atoms with E-state index in [1.54, 1.807) is 0 Å². The van der Waals surface area contributed by atoms with Crippen molar-refractivity contribution >= 4 is 16.1 Å². The number of amides is 2. The van der Waals surface area contributed by atoms with Crippen LogP contribution in [0.25, 0.3) is 0 Å². The molecule has 0 spiro atoms. The minimum Gasteiger partial charge on any atom is -0.351 e. The summed E-state index contributed by atoms with van der Waals surface area (Å²) in [6.07, 6.45) is 1.13. The predicted molar refractivity (Wildman–Crippen MR) is 47.3 cm³/mol. The zero-order valence-corrected chi connectivity index (χ0v) is 7.96. The second kappa shape index (κ2) is 3.51. The molecular weight excluding hydrogens is 194 g/mol. The van der Waals surface area contributed by atoms with Gasteiger partial charge in [0.15, 0.2) is 0 Å². The lowest BCUT2D eigenvalue weighted by molar-refractivity contribution is 0.196. The molecule has 1 aliphatic rings. The summed E-state index contributed by atoms with van der Waals surface area (Å²) in [6.45, 7) is 0.634. The van der Waals surface area contributed by atoms with Gasteiger partial charge in [0, 0.05) is 13.1 Å². The van der Waals surface area contributed by atoms with Crippen LogP contribution in [0.5, 0.6) is 0 Å². The van der Waals surface area contributed by atoms with Gasteiger partial charge in [0.1, 0.15) is 0 Å². The normalized spacial score (nSPS) is 24.4. The number of rotatable bonds is 1. The van der Waals surface area contributed by atoms with Crippen molar-refractivity contribution in [3.8, 4) is 0 Å². The summed E-state index contributed by atoms with van der Waals surface area (Å²) in [5.41, 5.74) is 5.02. The SMILES string of the molecule is NC(=O)N1CCCC(S(N)(=O)=O)C1. The number of piperidine rings is 1. The maximum atomic E-state index is 11.0. The number of carbonyl (C=O) groups is 1. The van der Waals surface area contributed by atoms with Gasteiger partial charge >= 0.3 is 6.03 Å². The molecule has 7 heteroatoms. The Balaban J connectivity index is 2.67. The summed E-state index contributed by atoms with van der Waals surface area (Å²) >= 11 is 0. The Morgan fingerprint density at radius 2 is 2.08 bits per heavy atom. The average Bonchev–Trinajstić information content (AvgIpc) is 2.03. The molecule has 0 radical (unpaired) electrons. The molecule has 0 bridgehead atoms. The van der Waals surface area contributed by atoms with E-state index >= 15 is 0 Å². The first-order valence-electron chi connectivity index (χ1n) is 3.97. The molecule has 4 N–H and O–H groups in total. The Morgan fingerprint density at radius 3 is 2.54 bits per heavy atom. The second-order valence-corrected chi connectivity index (χ2v) is 4.98. The van der Waals surface area contributed by atoms with E-state index in [0.717, 1.165) is 0 Å². The van der Waals surface area contributed by atoms with Crippen molar-refractivity contribution in [1.29, 1.82) is 0 Å². The standard InChI is InChI=1S/C6H13N3O3S/c7-6(10)9-3-1-2-5(4-9)13(8,11)12/h5H,1-4H2,(H2,7,10)(H2,8,11,12). The van der Waals surface area contributed by atoms with Gasteiger partial charge in [-0.2, -0.15) is 0 Å². The van der Waals surface area contributed by atoms with E-state index in [0.29, 0.717) is 19.4 Å². The molecule has 1 rings (SSSR count). The monoisotopic (exact) mass is 207 g/mol. The number of hydrogen-bond donors (Lipinski definition) is 2. The number of primary sulfonamides is 1. The van der Waals surface area contributed by atoms with Crippen molar-refractivity contribution in [1.82, 2.24) is 4.90 Å². The van der Waals surface area contributed by atoms with Crippen LogP contribution in [0.4, 0.5) is 4.79 Å². The van der Waals surface area contributed by atoms with Crippen molar-refractivity contribution in [2.75, 3.05) is 13.1 Å². The average molecular weight is 207 g/mol. The first kappa shape index (κ1) is 10.3. The number of sulfonamides is 1. The van der Waals surface area contributed by atoms with Gasteiger partial charge in [0.2, 0.25) is 10.0 Å². The molecule has 1 aliphatic heterocycles. The lowest BCUT2D eigenvalue weighted by Crippen LogP contribution is -2.48. The van der Waals surface area contributed by atoms with Crippen molar-refractivity contribution in [2.24, 2.45) is 10.9 Å². The van der Waals surface area contributed by atoms with Gasteiger partial charge in [-0.05, 0) is 12.8 Å².